The number of pyridine rings is 2. The van der Waals surface area contributed by atoms with Gasteiger partial charge in [-0.25, -0.2) is 14.2 Å². The SMILES string of the molecule is C[Si](C)(C)CCOCn1c(O[C@@H]2CO[C@H]3[C@@H]2OC[C@H]3O)nc2cc(Cl)c(-c3ccc(-c4ccnc(N=S(C)(C)=O)c4)cc3)nc21. The lowest BCUT2D eigenvalue weighted by Gasteiger charge is -2.19. The summed E-state index contributed by atoms with van der Waals surface area (Å²) in [5.74, 6) is 0.426. The van der Waals surface area contributed by atoms with Gasteiger partial charge >= 0.3 is 6.01 Å². The molecule has 11 nitrogen and oxygen atoms in total. The van der Waals surface area contributed by atoms with Crippen LogP contribution in [0.4, 0.5) is 5.82 Å². The fourth-order valence-electron chi connectivity index (χ4n) is 5.32. The summed E-state index contributed by atoms with van der Waals surface area (Å²) >= 11 is 6.78. The van der Waals surface area contributed by atoms with Gasteiger partial charge < -0.3 is 24.1 Å². The van der Waals surface area contributed by atoms with Gasteiger partial charge in [0.2, 0.25) is 0 Å². The van der Waals surface area contributed by atoms with E-state index in [1.165, 1.54) is 0 Å². The van der Waals surface area contributed by atoms with Crippen LogP contribution >= 0.6 is 11.6 Å². The lowest BCUT2D eigenvalue weighted by atomic mass is 10.0. The van der Waals surface area contributed by atoms with Gasteiger partial charge in [-0.3, -0.25) is 4.57 Å². The van der Waals surface area contributed by atoms with Crippen LogP contribution in [0.3, 0.4) is 0 Å². The number of aromatic nitrogens is 4. The molecule has 3 aromatic heterocycles. The van der Waals surface area contributed by atoms with Gasteiger partial charge in [-0.1, -0.05) is 55.5 Å². The van der Waals surface area contributed by atoms with Crippen LogP contribution in [-0.2, 0) is 30.7 Å². The molecule has 2 saturated heterocycles. The molecule has 5 heterocycles. The summed E-state index contributed by atoms with van der Waals surface area (Å²) in [5.41, 5.74) is 4.42. The van der Waals surface area contributed by atoms with Crippen molar-refractivity contribution in [2.45, 2.75) is 56.8 Å². The number of ether oxygens (including phenoxy) is 4. The van der Waals surface area contributed by atoms with Crippen LogP contribution in [0, 0.1) is 0 Å². The van der Waals surface area contributed by atoms with E-state index in [-0.39, 0.29) is 26.0 Å². The molecule has 0 aliphatic carbocycles. The predicted molar refractivity (Wildman–Crippen MR) is 177 cm³/mol. The first kappa shape index (κ1) is 32.0. The molecule has 2 aliphatic heterocycles. The molecule has 0 unspecified atom stereocenters. The first-order chi connectivity index (χ1) is 21.3. The lowest BCUT2D eigenvalue weighted by Crippen LogP contribution is -2.35. The van der Waals surface area contributed by atoms with Crippen molar-refractivity contribution < 1.29 is 28.3 Å². The third kappa shape index (κ3) is 7.40. The van der Waals surface area contributed by atoms with Crippen LogP contribution in [0.5, 0.6) is 6.01 Å². The third-order valence-electron chi connectivity index (χ3n) is 7.65. The number of halogens is 1. The molecule has 0 bridgehead atoms. The topological polar surface area (TPSA) is 130 Å². The van der Waals surface area contributed by atoms with Crippen LogP contribution in [-0.4, -0.2) is 93.7 Å². The van der Waals surface area contributed by atoms with Crippen molar-refractivity contribution in [3.05, 3.63) is 53.7 Å². The zero-order valence-corrected chi connectivity index (χ0v) is 28.5. The molecule has 2 fully saturated rings. The van der Waals surface area contributed by atoms with Gasteiger partial charge in [0.15, 0.2) is 17.6 Å². The first-order valence-electron chi connectivity index (χ1n) is 14.8. The van der Waals surface area contributed by atoms with Gasteiger partial charge in [0.1, 0.15) is 30.6 Å². The number of nitrogens with zero attached hydrogens (tertiary/aromatic N) is 5. The number of hydrogen-bond donors (Lipinski definition) is 1. The summed E-state index contributed by atoms with van der Waals surface area (Å²) < 4.78 is 42.2. The Kier molecular flexibility index (Phi) is 9.05. The second-order valence-electron chi connectivity index (χ2n) is 12.9. The maximum atomic E-state index is 12.1. The average Bonchev–Trinajstić information content (AvgIpc) is 3.64. The summed E-state index contributed by atoms with van der Waals surface area (Å²) in [7, 11) is -3.62. The molecule has 240 valence electrons. The fraction of sp³-hybridized carbons (Fsp3) is 0.452. The van der Waals surface area contributed by atoms with Crippen molar-refractivity contribution in [1.82, 2.24) is 19.5 Å². The van der Waals surface area contributed by atoms with Crippen molar-refractivity contribution in [2.75, 3.05) is 32.3 Å². The van der Waals surface area contributed by atoms with Crippen LogP contribution in [0.2, 0.25) is 30.7 Å². The predicted octanol–water partition coefficient (Wildman–Crippen LogP) is 5.39. The number of rotatable bonds is 10. The molecule has 4 aromatic rings. The quantitative estimate of drug-likeness (QED) is 0.174. The molecular formula is C31H38ClN5O6SSi. The van der Waals surface area contributed by atoms with Crippen molar-refractivity contribution in [3.8, 4) is 28.4 Å². The minimum atomic E-state index is -2.33. The van der Waals surface area contributed by atoms with Crippen molar-refractivity contribution in [1.29, 1.82) is 0 Å². The Bertz CT molecular complexity index is 1810. The lowest BCUT2D eigenvalue weighted by molar-refractivity contribution is 0.00336. The number of aliphatic hydroxyl groups is 1. The highest BCUT2D eigenvalue weighted by Gasteiger charge is 2.49. The molecule has 14 heteroatoms. The van der Waals surface area contributed by atoms with Crippen LogP contribution in [0.25, 0.3) is 33.5 Å². The van der Waals surface area contributed by atoms with E-state index in [2.05, 4.69) is 29.0 Å². The Morgan fingerprint density at radius 3 is 2.51 bits per heavy atom. The number of fused-ring (bicyclic) bond motifs is 2. The van der Waals surface area contributed by atoms with E-state index in [0.29, 0.717) is 40.3 Å². The van der Waals surface area contributed by atoms with Crippen molar-refractivity contribution in [3.63, 3.8) is 0 Å². The van der Waals surface area contributed by atoms with E-state index >= 15 is 0 Å². The molecule has 2 aliphatic rings. The maximum absolute atomic E-state index is 12.1. The molecule has 0 amide bonds. The Balaban J connectivity index is 1.31. The minimum Gasteiger partial charge on any atom is -0.456 e. The van der Waals surface area contributed by atoms with Crippen LogP contribution in [0.1, 0.15) is 0 Å². The Labute approximate surface area is 269 Å². The molecule has 0 saturated carbocycles. The van der Waals surface area contributed by atoms with Crippen molar-refractivity contribution >= 4 is 46.4 Å². The van der Waals surface area contributed by atoms with Gasteiger partial charge in [-0.15, -0.1) is 0 Å². The molecule has 0 radical (unpaired) electrons. The minimum absolute atomic E-state index is 0.200. The summed E-state index contributed by atoms with van der Waals surface area (Å²) in [6.07, 6.45) is 2.90. The van der Waals surface area contributed by atoms with Gasteiger partial charge in [-0.2, -0.15) is 9.35 Å². The highest BCUT2D eigenvalue weighted by Crippen LogP contribution is 2.35. The molecule has 1 aromatic carbocycles. The van der Waals surface area contributed by atoms with E-state index in [9.17, 15) is 9.32 Å². The average molecular weight is 672 g/mol. The third-order valence-corrected chi connectivity index (χ3v) is 10.3. The standard InChI is InChI=1S/C31H38ClN5O6SSi/c1-44(2,39)36-26-14-21(10-11-33-26)19-6-8-20(9-7-19)27-22(32)15-23-30(35-27)37(18-40-12-13-45(3,4)5)31(34-23)43-25-17-42-28-24(38)16-41-29(25)28/h6-11,14-15,24-25,28-29,38H,12-13,16-18H2,1-5H3/t24-,25-,28-,29-/m1/s1. The number of benzene rings is 1. The first-order valence-corrected chi connectivity index (χ1v) is 21.2. The second kappa shape index (κ2) is 12.7. The molecule has 6 rings (SSSR count). The van der Waals surface area contributed by atoms with E-state index in [4.69, 9.17) is 40.5 Å². The van der Waals surface area contributed by atoms with E-state index in [1.54, 1.807) is 24.8 Å². The summed E-state index contributed by atoms with van der Waals surface area (Å²) in [4.78, 5) is 13.9. The smallest absolute Gasteiger partial charge is 0.301 e. The number of imidazole rings is 1. The zero-order chi connectivity index (χ0) is 31.9. The highest BCUT2D eigenvalue weighted by molar-refractivity contribution is 7.92. The molecule has 45 heavy (non-hydrogen) atoms. The molecule has 0 spiro atoms. The second-order valence-corrected chi connectivity index (χ2v) is 21.5. The Hall–Kier alpha value is -2.91. The maximum Gasteiger partial charge on any atom is 0.301 e. The fourth-order valence-corrected chi connectivity index (χ4v) is 6.88. The molecule has 1 N–H and O–H groups in total. The summed E-state index contributed by atoms with van der Waals surface area (Å²) in [6.45, 7) is 8.22. The monoisotopic (exact) mass is 671 g/mol. The number of aliphatic hydroxyl groups excluding tert-OH is 1. The Morgan fingerprint density at radius 2 is 1.78 bits per heavy atom. The normalized spacial score (nSPS) is 21.8. The van der Waals surface area contributed by atoms with Gasteiger partial charge in [0.05, 0.1) is 23.9 Å². The highest BCUT2D eigenvalue weighted by atomic mass is 35.5. The van der Waals surface area contributed by atoms with Gasteiger partial charge in [0.25, 0.3) is 0 Å². The largest absolute Gasteiger partial charge is 0.456 e. The van der Waals surface area contributed by atoms with Crippen LogP contribution < -0.4 is 4.74 Å². The molecule has 4 atom stereocenters. The van der Waals surface area contributed by atoms with E-state index in [1.807, 2.05) is 41.0 Å². The van der Waals surface area contributed by atoms with E-state index < -0.39 is 36.1 Å². The molecular weight excluding hydrogens is 634 g/mol. The van der Waals surface area contributed by atoms with Crippen LogP contribution in [0.15, 0.2) is 53.0 Å². The summed E-state index contributed by atoms with van der Waals surface area (Å²) in [5, 5.41) is 10.6. The Morgan fingerprint density at radius 1 is 1.04 bits per heavy atom. The van der Waals surface area contributed by atoms with Crippen molar-refractivity contribution in [2.24, 2.45) is 4.36 Å². The van der Waals surface area contributed by atoms with E-state index in [0.717, 1.165) is 22.7 Å². The number of hydrogen-bond acceptors (Lipinski definition) is 10. The van der Waals surface area contributed by atoms with Gasteiger partial charge in [-0.05, 0) is 35.4 Å². The zero-order valence-electron chi connectivity index (χ0n) is 26.0. The van der Waals surface area contributed by atoms with Gasteiger partial charge in [0, 0.05) is 48.7 Å². The summed E-state index contributed by atoms with van der Waals surface area (Å²) in [6, 6.07) is 14.7.